The van der Waals surface area contributed by atoms with Crippen LogP contribution in [0.3, 0.4) is 0 Å². The molecule has 0 aromatic heterocycles. The van der Waals surface area contributed by atoms with Crippen molar-refractivity contribution in [3.63, 3.8) is 0 Å². The van der Waals surface area contributed by atoms with Gasteiger partial charge in [0.15, 0.2) is 6.23 Å². The molecular formula is C7H14N2O2. The van der Waals surface area contributed by atoms with Gasteiger partial charge < -0.3 is 10.5 Å². The Morgan fingerprint density at radius 3 is 2.82 bits per heavy atom. The highest BCUT2D eigenvalue weighted by Gasteiger charge is 2.05. The molecule has 0 heterocycles. The van der Waals surface area contributed by atoms with Gasteiger partial charge in [0, 0.05) is 6.42 Å². The van der Waals surface area contributed by atoms with E-state index >= 15 is 0 Å². The fourth-order valence-corrected chi connectivity index (χ4v) is 0.558. The quantitative estimate of drug-likeness (QED) is 0.328. The third kappa shape index (κ3) is 5.57. The molecule has 4 N–H and O–H groups in total. The number of carbonyl (C=O) groups excluding carboxylic acids is 1. The first kappa shape index (κ1) is 10.1. The Balaban J connectivity index is 3.48. The maximum Gasteiger partial charge on any atom is 0.311 e. The summed E-state index contributed by atoms with van der Waals surface area (Å²) in [5.74, 6) is -0.360. The van der Waals surface area contributed by atoms with E-state index in [4.69, 9.17) is 16.2 Å². The van der Waals surface area contributed by atoms with Crippen molar-refractivity contribution in [3.8, 4) is 0 Å². The summed E-state index contributed by atoms with van der Waals surface area (Å²) in [5, 5.41) is 0. The van der Waals surface area contributed by atoms with Crippen LogP contribution in [0.15, 0.2) is 12.7 Å². The standard InChI is InChI=1S/C7H14N2O2/c1-2-3-7(10)11-6(9)4-5-8/h2,6H,1,3-5,8-9H2. The van der Waals surface area contributed by atoms with Crippen molar-refractivity contribution in [1.82, 2.24) is 0 Å². The number of rotatable bonds is 5. The van der Waals surface area contributed by atoms with Crippen molar-refractivity contribution in [2.45, 2.75) is 19.1 Å². The molecule has 4 nitrogen and oxygen atoms in total. The van der Waals surface area contributed by atoms with Crippen molar-refractivity contribution < 1.29 is 9.53 Å². The van der Waals surface area contributed by atoms with Crippen LogP contribution in [0, 0.1) is 0 Å². The van der Waals surface area contributed by atoms with Crippen LogP contribution in [0.5, 0.6) is 0 Å². The first-order valence-electron chi connectivity index (χ1n) is 3.46. The monoisotopic (exact) mass is 158 g/mol. The molecule has 0 radical (unpaired) electrons. The van der Waals surface area contributed by atoms with E-state index in [2.05, 4.69) is 6.58 Å². The molecule has 0 aliphatic carbocycles. The lowest BCUT2D eigenvalue weighted by Gasteiger charge is -2.10. The van der Waals surface area contributed by atoms with Crippen LogP contribution in [0.4, 0.5) is 0 Å². The molecule has 0 aromatic carbocycles. The lowest BCUT2D eigenvalue weighted by atomic mass is 10.4. The number of ether oxygens (including phenoxy) is 1. The van der Waals surface area contributed by atoms with E-state index in [9.17, 15) is 4.79 Å². The Labute approximate surface area is 66.2 Å². The van der Waals surface area contributed by atoms with E-state index in [-0.39, 0.29) is 12.4 Å². The highest BCUT2D eigenvalue weighted by Crippen LogP contribution is 1.93. The van der Waals surface area contributed by atoms with Crippen LogP contribution in [-0.4, -0.2) is 18.7 Å². The van der Waals surface area contributed by atoms with Crippen LogP contribution in [0.2, 0.25) is 0 Å². The second-order valence-corrected chi connectivity index (χ2v) is 2.10. The molecule has 64 valence electrons. The number of carbonyl (C=O) groups is 1. The summed E-state index contributed by atoms with van der Waals surface area (Å²) in [6.07, 6.45) is 1.58. The lowest BCUT2D eigenvalue weighted by molar-refractivity contribution is -0.147. The molecule has 4 heteroatoms. The number of nitrogens with two attached hydrogens (primary N) is 2. The van der Waals surface area contributed by atoms with Gasteiger partial charge in [-0.05, 0) is 6.54 Å². The van der Waals surface area contributed by atoms with Gasteiger partial charge >= 0.3 is 5.97 Å². The summed E-state index contributed by atoms with van der Waals surface area (Å²) in [4.78, 5) is 10.7. The van der Waals surface area contributed by atoms with Gasteiger partial charge in [0.25, 0.3) is 0 Å². The second-order valence-electron chi connectivity index (χ2n) is 2.10. The van der Waals surface area contributed by atoms with E-state index in [0.29, 0.717) is 13.0 Å². The Morgan fingerprint density at radius 2 is 2.36 bits per heavy atom. The van der Waals surface area contributed by atoms with Crippen molar-refractivity contribution >= 4 is 5.97 Å². The lowest BCUT2D eigenvalue weighted by Crippen LogP contribution is -2.29. The van der Waals surface area contributed by atoms with Gasteiger partial charge in [-0.1, -0.05) is 6.08 Å². The Bertz CT molecular complexity index is 136. The van der Waals surface area contributed by atoms with Gasteiger partial charge in [-0.25, -0.2) is 0 Å². The molecule has 0 bridgehead atoms. The zero-order valence-corrected chi connectivity index (χ0v) is 6.45. The highest BCUT2D eigenvalue weighted by atomic mass is 16.6. The third-order valence-electron chi connectivity index (χ3n) is 1.05. The Kier molecular flexibility index (Phi) is 5.42. The van der Waals surface area contributed by atoms with Gasteiger partial charge in [0.05, 0.1) is 6.42 Å². The van der Waals surface area contributed by atoms with Crippen molar-refractivity contribution in [2.24, 2.45) is 11.5 Å². The molecule has 0 amide bonds. The first-order valence-corrected chi connectivity index (χ1v) is 3.46. The summed E-state index contributed by atoms with van der Waals surface area (Å²) >= 11 is 0. The Hall–Kier alpha value is -0.870. The average Bonchev–Trinajstić information content (AvgIpc) is 1.87. The largest absolute Gasteiger partial charge is 0.447 e. The minimum Gasteiger partial charge on any atom is -0.447 e. The molecule has 0 fully saturated rings. The summed E-state index contributed by atoms with van der Waals surface area (Å²) < 4.78 is 4.72. The highest BCUT2D eigenvalue weighted by molar-refractivity contribution is 5.71. The molecule has 0 aliphatic heterocycles. The van der Waals surface area contributed by atoms with Crippen LogP contribution in [-0.2, 0) is 9.53 Å². The van der Waals surface area contributed by atoms with Crippen molar-refractivity contribution in [3.05, 3.63) is 12.7 Å². The van der Waals surface area contributed by atoms with Crippen molar-refractivity contribution in [2.75, 3.05) is 6.54 Å². The van der Waals surface area contributed by atoms with Gasteiger partial charge in [-0.3, -0.25) is 10.5 Å². The SMILES string of the molecule is C=CCC(=O)OC(N)CCN. The fourth-order valence-electron chi connectivity index (χ4n) is 0.558. The van der Waals surface area contributed by atoms with Crippen LogP contribution in [0.1, 0.15) is 12.8 Å². The molecule has 0 aliphatic rings. The maximum atomic E-state index is 10.7. The van der Waals surface area contributed by atoms with Crippen LogP contribution >= 0.6 is 0 Å². The Morgan fingerprint density at radius 1 is 1.73 bits per heavy atom. The van der Waals surface area contributed by atoms with E-state index in [1.165, 1.54) is 6.08 Å². The molecule has 0 saturated carbocycles. The molecule has 11 heavy (non-hydrogen) atoms. The summed E-state index contributed by atoms with van der Waals surface area (Å²) in [5.41, 5.74) is 10.5. The minimum atomic E-state index is -0.576. The molecule has 1 unspecified atom stereocenters. The predicted octanol–water partition coefficient (Wildman–Crippen LogP) is -0.261. The second kappa shape index (κ2) is 5.88. The van der Waals surface area contributed by atoms with E-state index in [1.807, 2.05) is 0 Å². The normalized spacial score (nSPS) is 12.2. The van der Waals surface area contributed by atoms with Gasteiger partial charge in [-0.15, -0.1) is 6.58 Å². The molecule has 1 atom stereocenters. The number of hydrogen-bond acceptors (Lipinski definition) is 4. The van der Waals surface area contributed by atoms with Crippen LogP contribution in [0.25, 0.3) is 0 Å². The molecular weight excluding hydrogens is 144 g/mol. The molecule has 0 rings (SSSR count). The molecule has 0 spiro atoms. The average molecular weight is 158 g/mol. The zero-order valence-electron chi connectivity index (χ0n) is 6.45. The maximum absolute atomic E-state index is 10.7. The van der Waals surface area contributed by atoms with Crippen molar-refractivity contribution in [1.29, 1.82) is 0 Å². The minimum absolute atomic E-state index is 0.193. The summed E-state index contributed by atoms with van der Waals surface area (Å²) in [7, 11) is 0. The molecule has 0 aromatic rings. The number of esters is 1. The predicted molar refractivity (Wildman–Crippen MR) is 42.6 cm³/mol. The smallest absolute Gasteiger partial charge is 0.311 e. The van der Waals surface area contributed by atoms with E-state index in [1.54, 1.807) is 0 Å². The summed E-state index contributed by atoms with van der Waals surface area (Å²) in [6, 6.07) is 0. The first-order chi connectivity index (χ1) is 5.20. The summed E-state index contributed by atoms with van der Waals surface area (Å²) in [6.45, 7) is 3.81. The third-order valence-corrected chi connectivity index (χ3v) is 1.05. The van der Waals surface area contributed by atoms with E-state index in [0.717, 1.165) is 0 Å². The number of hydrogen-bond donors (Lipinski definition) is 2. The van der Waals surface area contributed by atoms with E-state index < -0.39 is 6.23 Å². The van der Waals surface area contributed by atoms with Gasteiger partial charge in [0.1, 0.15) is 0 Å². The van der Waals surface area contributed by atoms with Crippen LogP contribution < -0.4 is 11.5 Å². The topological polar surface area (TPSA) is 78.3 Å². The van der Waals surface area contributed by atoms with Gasteiger partial charge in [-0.2, -0.15) is 0 Å². The van der Waals surface area contributed by atoms with Gasteiger partial charge in [0.2, 0.25) is 0 Å². The fraction of sp³-hybridized carbons (Fsp3) is 0.571. The zero-order chi connectivity index (χ0) is 8.69. The molecule has 0 saturated heterocycles.